The molecule has 0 bridgehead atoms. The van der Waals surface area contributed by atoms with Crippen LogP contribution in [0.25, 0.3) is 0 Å². The molecule has 1 aliphatic carbocycles. The molecule has 2 atom stereocenters. The maximum atomic E-state index is 11.9. The van der Waals surface area contributed by atoms with Crippen LogP contribution in [0, 0.1) is 5.92 Å². The van der Waals surface area contributed by atoms with E-state index in [9.17, 15) is 4.79 Å². The number of esters is 1. The van der Waals surface area contributed by atoms with Crippen LogP contribution in [0.5, 0.6) is 0 Å². The van der Waals surface area contributed by atoms with Crippen LogP contribution in [-0.4, -0.2) is 36.1 Å². The average molecular weight is 253 g/mol. The van der Waals surface area contributed by atoms with E-state index in [1.165, 1.54) is 51.6 Å². The third-order valence-corrected chi connectivity index (χ3v) is 4.62. The molecule has 18 heavy (non-hydrogen) atoms. The molecule has 0 aromatic rings. The molecule has 2 fully saturated rings. The Morgan fingerprint density at radius 2 is 2.06 bits per heavy atom. The van der Waals surface area contributed by atoms with Gasteiger partial charge in [0.15, 0.2) is 0 Å². The van der Waals surface area contributed by atoms with E-state index in [4.69, 9.17) is 4.74 Å². The van der Waals surface area contributed by atoms with E-state index in [2.05, 4.69) is 11.8 Å². The van der Waals surface area contributed by atoms with Gasteiger partial charge in [-0.1, -0.05) is 19.8 Å². The summed E-state index contributed by atoms with van der Waals surface area (Å²) in [6.07, 6.45) is 8.11. The summed E-state index contributed by atoms with van der Waals surface area (Å²) in [6.45, 7) is 7.07. The third kappa shape index (κ3) is 3.05. The predicted molar refractivity (Wildman–Crippen MR) is 72.4 cm³/mol. The number of nitrogens with zero attached hydrogens (tertiary/aromatic N) is 1. The summed E-state index contributed by atoms with van der Waals surface area (Å²) in [6, 6.07) is 0. The smallest absolute Gasteiger partial charge is 0.307 e. The Labute approximate surface area is 111 Å². The maximum absolute atomic E-state index is 11.9. The summed E-state index contributed by atoms with van der Waals surface area (Å²) in [7, 11) is 0. The van der Waals surface area contributed by atoms with Gasteiger partial charge in [-0.3, -0.25) is 9.69 Å². The van der Waals surface area contributed by atoms with Gasteiger partial charge < -0.3 is 4.74 Å². The van der Waals surface area contributed by atoms with Crippen molar-refractivity contribution in [1.29, 1.82) is 0 Å². The molecule has 2 rings (SSSR count). The number of likely N-dealkylation sites (tertiary alicyclic amines) is 1. The Morgan fingerprint density at radius 3 is 2.67 bits per heavy atom. The van der Waals surface area contributed by atoms with Crippen molar-refractivity contribution in [1.82, 2.24) is 4.90 Å². The van der Waals surface area contributed by atoms with Crippen LogP contribution in [0.2, 0.25) is 0 Å². The molecule has 0 radical (unpaired) electrons. The molecule has 1 aliphatic heterocycles. The Balaban J connectivity index is 2.08. The van der Waals surface area contributed by atoms with E-state index in [1.807, 2.05) is 6.92 Å². The third-order valence-electron chi connectivity index (χ3n) is 4.62. The highest BCUT2D eigenvalue weighted by Crippen LogP contribution is 2.41. The van der Waals surface area contributed by atoms with Crippen LogP contribution >= 0.6 is 0 Å². The molecule has 0 aromatic carbocycles. The lowest BCUT2D eigenvalue weighted by molar-refractivity contribution is -0.147. The number of ether oxygens (including phenoxy) is 1. The van der Waals surface area contributed by atoms with Crippen LogP contribution in [-0.2, 0) is 9.53 Å². The summed E-state index contributed by atoms with van der Waals surface area (Å²) in [5.74, 6) is 0.743. The molecule has 104 valence electrons. The van der Waals surface area contributed by atoms with Crippen LogP contribution < -0.4 is 0 Å². The van der Waals surface area contributed by atoms with Gasteiger partial charge in [0.1, 0.15) is 0 Å². The lowest BCUT2D eigenvalue weighted by Crippen LogP contribution is -2.51. The second kappa shape index (κ2) is 6.05. The first-order valence-corrected chi connectivity index (χ1v) is 7.57. The van der Waals surface area contributed by atoms with Crippen LogP contribution in [0.15, 0.2) is 0 Å². The standard InChI is InChI=1S/C15H27NO2/c1-3-18-14(17)12-15(16-9-4-5-10-16)8-6-7-13(2)11-15/h13H,3-12H2,1-2H3. The van der Waals surface area contributed by atoms with Gasteiger partial charge in [-0.15, -0.1) is 0 Å². The molecule has 2 unspecified atom stereocenters. The quantitative estimate of drug-likeness (QED) is 0.721. The molecule has 1 saturated carbocycles. The molecule has 0 spiro atoms. The van der Waals surface area contributed by atoms with Gasteiger partial charge >= 0.3 is 5.97 Å². The van der Waals surface area contributed by atoms with Crippen molar-refractivity contribution in [2.24, 2.45) is 5.92 Å². The second-order valence-corrected chi connectivity index (χ2v) is 6.10. The minimum Gasteiger partial charge on any atom is -0.466 e. The molecule has 0 aromatic heterocycles. The molecule has 1 saturated heterocycles. The maximum Gasteiger partial charge on any atom is 0.307 e. The summed E-state index contributed by atoms with van der Waals surface area (Å²) in [5, 5.41) is 0. The first-order chi connectivity index (χ1) is 8.66. The molecule has 2 aliphatic rings. The fraction of sp³-hybridized carbons (Fsp3) is 0.933. The lowest BCUT2D eigenvalue weighted by Gasteiger charge is -2.46. The minimum absolute atomic E-state index is 0.00139. The number of hydrogen-bond acceptors (Lipinski definition) is 3. The molecule has 3 heteroatoms. The zero-order valence-corrected chi connectivity index (χ0v) is 11.9. The van der Waals surface area contributed by atoms with Crippen molar-refractivity contribution in [3.63, 3.8) is 0 Å². The van der Waals surface area contributed by atoms with E-state index >= 15 is 0 Å². The van der Waals surface area contributed by atoms with Crippen molar-refractivity contribution in [2.75, 3.05) is 19.7 Å². The molecule has 0 amide bonds. The van der Waals surface area contributed by atoms with Gasteiger partial charge in [0.2, 0.25) is 0 Å². The molecular formula is C15H27NO2. The van der Waals surface area contributed by atoms with E-state index < -0.39 is 0 Å². The molecule has 0 N–H and O–H groups in total. The zero-order chi connectivity index (χ0) is 13.0. The first-order valence-electron chi connectivity index (χ1n) is 7.57. The highest BCUT2D eigenvalue weighted by molar-refractivity contribution is 5.71. The largest absolute Gasteiger partial charge is 0.466 e. The SMILES string of the molecule is CCOC(=O)CC1(N2CCCC2)CCCC(C)C1. The van der Waals surface area contributed by atoms with Crippen molar-refractivity contribution < 1.29 is 9.53 Å². The van der Waals surface area contributed by atoms with Gasteiger partial charge in [-0.2, -0.15) is 0 Å². The number of hydrogen-bond donors (Lipinski definition) is 0. The monoisotopic (exact) mass is 253 g/mol. The first kappa shape index (κ1) is 13.9. The highest BCUT2D eigenvalue weighted by atomic mass is 16.5. The topological polar surface area (TPSA) is 29.5 Å². The van der Waals surface area contributed by atoms with E-state index in [0.29, 0.717) is 13.0 Å². The lowest BCUT2D eigenvalue weighted by atomic mass is 9.73. The normalized spacial score (nSPS) is 33.6. The van der Waals surface area contributed by atoms with Gasteiger partial charge in [0.25, 0.3) is 0 Å². The minimum atomic E-state index is -0.00139. The average Bonchev–Trinajstić information content (AvgIpc) is 2.82. The summed E-state index contributed by atoms with van der Waals surface area (Å²) >= 11 is 0. The number of carbonyl (C=O) groups excluding carboxylic acids is 1. The van der Waals surface area contributed by atoms with Crippen molar-refractivity contribution in [2.45, 2.75) is 64.3 Å². The van der Waals surface area contributed by atoms with Crippen molar-refractivity contribution in [3.8, 4) is 0 Å². The fourth-order valence-corrected chi connectivity index (χ4v) is 3.86. The van der Waals surface area contributed by atoms with Gasteiger partial charge in [0.05, 0.1) is 13.0 Å². The molecular weight excluding hydrogens is 226 g/mol. The van der Waals surface area contributed by atoms with Gasteiger partial charge in [0, 0.05) is 5.54 Å². The Morgan fingerprint density at radius 1 is 1.33 bits per heavy atom. The van der Waals surface area contributed by atoms with E-state index in [-0.39, 0.29) is 11.5 Å². The zero-order valence-electron chi connectivity index (χ0n) is 11.9. The van der Waals surface area contributed by atoms with Gasteiger partial charge in [-0.25, -0.2) is 0 Å². The van der Waals surface area contributed by atoms with E-state index in [0.717, 1.165) is 5.92 Å². The summed E-state index contributed by atoms with van der Waals surface area (Å²) in [5.41, 5.74) is 0.112. The Hall–Kier alpha value is -0.570. The Kier molecular flexibility index (Phi) is 4.66. The van der Waals surface area contributed by atoms with Gasteiger partial charge in [-0.05, 0) is 51.6 Å². The molecule has 3 nitrogen and oxygen atoms in total. The number of rotatable bonds is 4. The Bertz CT molecular complexity index is 286. The van der Waals surface area contributed by atoms with E-state index in [1.54, 1.807) is 0 Å². The highest BCUT2D eigenvalue weighted by Gasteiger charge is 2.42. The van der Waals surface area contributed by atoms with Crippen molar-refractivity contribution in [3.05, 3.63) is 0 Å². The van der Waals surface area contributed by atoms with Crippen molar-refractivity contribution >= 4 is 5.97 Å². The summed E-state index contributed by atoms with van der Waals surface area (Å²) < 4.78 is 5.20. The summed E-state index contributed by atoms with van der Waals surface area (Å²) in [4.78, 5) is 14.5. The van der Waals surface area contributed by atoms with Crippen LogP contribution in [0.4, 0.5) is 0 Å². The van der Waals surface area contributed by atoms with Crippen LogP contribution in [0.3, 0.4) is 0 Å². The molecule has 1 heterocycles. The number of carbonyl (C=O) groups is 1. The predicted octanol–water partition coefficient (Wildman–Crippen LogP) is 2.98. The fourth-order valence-electron chi connectivity index (χ4n) is 3.86. The van der Waals surface area contributed by atoms with Crippen LogP contribution in [0.1, 0.15) is 58.8 Å². The second-order valence-electron chi connectivity index (χ2n) is 6.10.